The number of aromatic amines is 1. The Bertz CT molecular complexity index is 825. The number of H-pyrrole nitrogens is 1. The highest BCUT2D eigenvalue weighted by Crippen LogP contribution is 2.24. The predicted octanol–water partition coefficient (Wildman–Crippen LogP) is 3.48. The third kappa shape index (κ3) is 1.21. The fourth-order valence-electron chi connectivity index (χ4n) is 2.39. The number of hydrogen-bond donors (Lipinski definition) is 1. The molecule has 0 fully saturated rings. The smallest absolute Gasteiger partial charge is 0.146 e. The van der Waals surface area contributed by atoms with Gasteiger partial charge in [0, 0.05) is 5.56 Å². The van der Waals surface area contributed by atoms with Crippen LogP contribution in [0, 0.1) is 0 Å². The molecule has 1 N–H and O–H groups in total. The molecule has 0 spiro atoms. The Labute approximate surface area is 104 Å². The molecule has 3 nitrogen and oxygen atoms in total. The molecule has 0 aliphatic carbocycles. The number of imidazole rings is 2. The monoisotopic (exact) mass is 233 g/mol. The van der Waals surface area contributed by atoms with Gasteiger partial charge in [0.15, 0.2) is 0 Å². The van der Waals surface area contributed by atoms with E-state index in [9.17, 15) is 0 Å². The number of nitrogens with one attached hydrogen (secondary N) is 1. The topological polar surface area (TPSA) is 33.1 Å². The molecule has 86 valence electrons. The lowest BCUT2D eigenvalue weighted by molar-refractivity contribution is 1.22. The maximum absolute atomic E-state index is 4.51. The molecule has 0 aliphatic heterocycles. The zero-order valence-corrected chi connectivity index (χ0v) is 9.67. The Morgan fingerprint density at radius 3 is 2.56 bits per heavy atom. The second-order valence-electron chi connectivity index (χ2n) is 4.31. The minimum atomic E-state index is 0.975. The largest absolute Gasteiger partial charge is 0.338 e. The van der Waals surface area contributed by atoms with Crippen LogP contribution in [0.5, 0.6) is 0 Å². The Balaban J connectivity index is 2.13. The lowest BCUT2D eigenvalue weighted by Gasteiger charge is -1.99. The van der Waals surface area contributed by atoms with Crippen LogP contribution in [0.15, 0.2) is 60.8 Å². The maximum atomic E-state index is 4.51. The highest BCUT2D eigenvalue weighted by atomic mass is 15.1. The first-order valence-electron chi connectivity index (χ1n) is 5.93. The molecule has 0 atom stereocenters. The van der Waals surface area contributed by atoms with Crippen molar-refractivity contribution in [3.05, 3.63) is 60.8 Å². The Morgan fingerprint density at radius 1 is 0.889 bits per heavy atom. The third-order valence-corrected chi connectivity index (χ3v) is 3.20. The van der Waals surface area contributed by atoms with E-state index in [2.05, 4.69) is 38.6 Å². The average molecular weight is 233 g/mol. The van der Waals surface area contributed by atoms with Crippen LogP contribution in [0.2, 0.25) is 0 Å². The molecule has 0 amide bonds. The molecule has 0 unspecified atom stereocenters. The van der Waals surface area contributed by atoms with Crippen LogP contribution in [0.25, 0.3) is 28.1 Å². The summed E-state index contributed by atoms with van der Waals surface area (Å²) in [6.45, 7) is 0. The summed E-state index contributed by atoms with van der Waals surface area (Å²) in [6.07, 6.45) is 1.88. The fourth-order valence-corrected chi connectivity index (χ4v) is 2.39. The van der Waals surface area contributed by atoms with E-state index in [-0.39, 0.29) is 0 Å². The Hall–Kier alpha value is -2.55. The minimum absolute atomic E-state index is 0.975. The Kier molecular flexibility index (Phi) is 1.83. The first kappa shape index (κ1) is 9.48. The second kappa shape index (κ2) is 3.47. The van der Waals surface area contributed by atoms with Crippen LogP contribution in [0.3, 0.4) is 0 Å². The number of para-hydroxylation sites is 2. The lowest BCUT2D eigenvalue weighted by Crippen LogP contribution is -1.87. The van der Waals surface area contributed by atoms with Gasteiger partial charge < -0.3 is 4.98 Å². The standard InChI is InChI=1S/C15H11N3/c1-2-6-11(7-3-1)15-16-10-14-17-12-8-4-5-9-13(12)18(14)15/h1-10,17H. The molecule has 0 saturated carbocycles. The summed E-state index contributed by atoms with van der Waals surface area (Å²) in [5, 5.41) is 0. The molecule has 0 aliphatic rings. The molecule has 3 heteroatoms. The van der Waals surface area contributed by atoms with Crippen molar-refractivity contribution >= 4 is 16.7 Å². The average Bonchev–Trinajstić information content (AvgIpc) is 2.98. The van der Waals surface area contributed by atoms with E-state index in [1.54, 1.807) is 0 Å². The van der Waals surface area contributed by atoms with Gasteiger partial charge in [-0.25, -0.2) is 4.98 Å². The highest BCUT2D eigenvalue weighted by Gasteiger charge is 2.10. The molecule has 18 heavy (non-hydrogen) atoms. The summed E-state index contributed by atoms with van der Waals surface area (Å²) in [4.78, 5) is 7.88. The van der Waals surface area contributed by atoms with Gasteiger partial charge in [0.05, 0.1) is 17.2 Å². The number of aromatic nitrogens is 3. The second-order valence-corrected chi connectivity index (χ2v) is 4.31. The minimum Gasteiger partial charge on any atom is -0.338 e. The van der Waals surface area contributed by atoms with Gasteiger partial charge in [0.25, 0.3) is 0 Å². The number of hydrogen-bond acceptors (Lipinski definition) is 1. The van der Waals surface area contributed by atoms with E-state index in [0.717, 1.165) is 28.1 Å². The number of nitrogens with zero attached hydrogens (tertiary/aromatic N) is 2. The van der Waals surface area contributed by atoms with E-state index in [0.29, 0.717) is 0 Å². The Morgan fingerprint density at radius 2 is 1.67 bits per heavy atom. The zero-order chi connectivity index (χ0) is 11.9. The van der Waals surface area contributed by atoms with Crippen LogP contribution in [0.1, 0.15) is 0 Å². The molecule has 0 saturated heterocycles. The summed E-state index contributed by atoms with van der Waals surface area (Å²) < 4.78 is 2.16. The van der Waals surface area contributed by atoms with Crippen LogP contribution >= 0.6 is 0 Å². The van der Waals surface area contributed by atoms with Crippen molar-refractivity contribution in [1.82, 2.24) is 14.4 Å². The van der Waals surface area contributed by atoms with E-state index < -0.39 is 0 Å². The first-order chi connectivity index (χ1) is 8.93. The molecule has 4 aromatic rings. The van der Waals surface area contributed by atoms with E-state index >= 15 is 0 Å². The number of fused-ring (bicyclic) bond motifs is 3. The molecular formula is C15H11N3. The molecule has 2 aromatic heterocycles. The van der Waals surface area contributed by atoms with Crippen molar-refractivity contribution in [2.45, 2.75) is 0 Å². The zero-order valence-electron chi connectivity index (χ0n) is 9.67. The van der Waals surface area contributed by atoms with Crippen molar-refractivity contribution in [2.75, 3.05) is 0 Å². The van der Waals surface area contributed by atoms with Crippen LogP contribution < -0.4 is 0 Å². The lowest BCUT2D eigenvalue weighted by atomic mass is 10.2. The summed E-state index contributed by atoms with van der Waals surface area (Å²) >= 11 is 0. The van der Waals surface area contributed by atoms with Crippen LogP contribution in [-0.4, -0.2) is 14.4 Å². The van der Waals surface area contributed by atoms with E-state index in [1.165, 1.54) is 0 Å². The van der Waals surface area contributed by atoms with Gasteiger partial charge in [0.2, 0.25) is 0 Å². The summed E-state index contributed by atoms with van der Waals surface area (Å²) in [7, 11) is 0. The van der Waals surface area contributed by atoms with Gasteiger partial charge in [-0.3, -0.25) is 4.40 Å². The third-order valence-electron chi connectivity index (χ3n) is 3.20. The quantitative estimate of drug-likeness (QED) is 0.536. The molecule has 2 heterocycles. The molecule has 0 radical (unpaired) electrons. The molecular weight excluding hydrogens is 222 g/mol. The van der Waals surface area contributed by atoms with Gasteiger partial charge in [-0.1, -0.05) is 42.5 Å². The fraction of sp³-hybridized carbons (Fsp3) is 0. The summed E-state index contributed by atoms with van der Waals surface area (Å²) in [5.74, 6) is 0.975. The molecule has 2 aromatic carbocycles. The predicted molar refractivity (Wildman–Crippen MR) is 72.5 cm³/mol. The number of benzene rings is 2. The van der Waals surface area contributed by atoms with E-state index in [1.807, 2.05) is 36.5 Å². The van der Waals surface area contributed by atoms with Gasteiger partial charge in [0.1, 0.15) is 11.5 Å². The van der Waals surface area contributed by atoms with Gasteiger partial charge in [-0.2, -0.15) is 0 Å². The first-order valence-corrected chi connectivity index (χ1v) is 5.93. The van der Waals surface area contributed by atoms with Gasteiger partial charge >= 0.3 is 0 Å². The van der Waals surface area contributed by atoms with Crippen molar-refractivity contribution in [1.29, 1.82) is 0 Å². The maximum Gasteiger partial charge on any atom is 0.146 e. The SMILES string of the molecule is c1ccc(-c2ncc3[nH]c4ccccc4n23)cc1. The van der Waals surface area contributed by atoms with Crippen molar-refractivity contribution < 1.29 is 0 Å². The molecule has 0 bridgehead atoms. The normalized spacial score (nSPS) is 11.3. The molecule has 4 rings (SSSR count). The van der Waals surface area contributed by atoms with E-state index in [4.69, 9.17) is 0 Å². The summed E-state index contributed by atoms with van der Waals surface area (Å²) in [5.41, 5.74) is 4.44. The summed E-state index contributed by atoms with van der Waals surface area (Å²) in [6, 6.07) is 18.5. The highest BCUT2D eigenvalue weighted by molar-refractivity contribution is 5.83. The van der Waals surface area contributed by atoms with Gasteiger partial charge in [-0.05, 0) is 12.1 Å². The van der Waals surface area contributed by atoms with Crippen LogP contribution in [0.4, 0.5) is 0 Å². The van der Waals surface area contributed by atoms with Crippen LogP contribution in [-0.2, 0) is 0 Å². The van der Waals surface area contributed by atoms with Crippen molar-refractivity contribution in [2.24, 2.45) is 0 Å². The van der Waals surface area contributed by atoms with Crippen molar-refractivity contribution in [3.63, 3.8) is 0 Å². The number of rotatable bonds is 1. The van der Waals surface area contributed by atoms with Gasteiger partial charge in [-0.15, -0.1) is 0 Å². The van der Waals surface area contributed by atoms with Crippen molar-refractivity contribution in [3.8, 4) is 11.4 Å².